The van der Waals surface area contributed by atoms with Crippen LogP contribution in [0.5, 0.6) is 0 Å². The van der Waals surface area contributed by atoms with Crippen molar-refractivity contribution in [3.63, 3.8) is 0 Å². The molecule has 2 rings (SSSR count). The largest absolute Gasteiger partial charge is 0.333 e. The van der Waals surface area contributed by atoms with Gasteiger partial charge in [0, 0.05) is 10.6 Å². The van der Waals surface area contributed by atoms with E-state index in [4.69, 9.17) is 0 Å². The highest BCUT2D eigenvalue weighted by atomic mass is 32.1. The fourth-order valence-corrected chi connectivity index (χ4v) is 2.48. The van der Waals surface area contributed by atoms with Crippen LogP contribution in [0, 0.1) is 19.7 Å². The fraction of sp³-hybridized carbons (Fsp3) is 0.231. The number of anilines is 1. The van der Waals surface area contributed by atoms with Crippen LogP contribution in [0.3, 0.4) is 0 Å². The topological polar surface area (TPSA) is 54.0 Å². The molecule has 0 aliphatic heterocycles. The molecule has 0 fully saturated rings. The molecule has 2 N–H and O–H groups in total. The average Bonchev–Trinajstić information content (AvgIpc) is 2.68. The van der Waals surface area contributed by atoms with Crippen LogP contribution in [0.2, 0.25) is 0 Å². The summed E-state index contributed by atoms with van der Waals surface area (Å²) in [5.74, 6) is -0.332. The van der Waals surface area contributed by atoms with Gasteiger partial charge in [0.2, 0.25) is 0 Å². The number of benzene rings is 1. The number of carbonyl (C=O) groups excluding carboxylic acids is 1. The number of nitrogens with zero attached hydrogens (tertiary/aromatic N) is 1. The average molecular weight is 279 g/mol. The van der Waals surface area contributed by atoms with Gasteiger partial charge in [0.1, 0.15) is 5.82 Å². The summed E-state index contributed by atoms with van der Waals surface area (Å²) in [4.78, 5) is 17.0. The Bertz CT molecular complexity index is 580. The molecule has 0 aliphatic carbocycles. The lowest BCUT2D eigenvalue weighted by molar-refractivity contribution is 0.252. The molecule has 1 heterocycles. The molecule has 0 unspecified atom stereocenters. The summed E-state index contributed by atoms with van der Waals surface area (Å²) >= 11 is 1.56. The summed E-state index contributed by atoms with van der Waals surface area (Å²) in [7, 11) is 0. The maximum Gasteiger partial charge on any atom is 0.319 e. The van der Waals surface area contributed by atoms with Crippen molar-refractivity contribution in [2.75, 3.05) is 5.32 Å². The van der Waals surface area contributed by atoms with E-state index in [0.29, 0.717) is 12.2 Å². The van der Waals surface area contributed by atoms with Gasteiger partial charge in [-0.1, -0.05) is 0 Å². The van der Waals surface area contributed by atoms with Crippen LogP contribution >= 0.6 is 11.3 Å². The van der Waals surface area contributed by atoms with Crippen LogP contribution in [0.15, 0.2) is 24.3 Å². The van der Waals surface area contributed by atoms with Gasteiger partial charge in [-0.05, 0) is 38.1 Å². The SMILES string of the molecule is Cc1nc(C)c(CNC(=O)Nc2ccc(F)cc2)s1. The number of nitrogens with one attached hydrogen (secondary N) is 2. The molecule has 0 saturated carbocycles. The molecule has 2 aromatic rings. The Kier molecular flexibility index (Phi) is 4.11. The summed E-state index contributed by atoms with van der Waals surface area (Å²) in [6, 6.07) is 5.30. The van der Waals surface area contributed by atoms with Crippen molar-refractivity contribution in [2.45, 2.75) is 20.4 Å². The lowest BCUT2D eigenvalue weighted by Crippen LogP contribution is -2.28. The summed E-state index contributed by atoms with van der Waals surface area (Å²) in [5.41, 5.74) is 1.49. The Morgan fingerprint density at radius 3 is 2.58 bits per heavy atom. The van der Waals surface area contributed by atoms with Gasteiger partial charge >= 0.3 is 6.03 Å². The third kappa shape index (κ3) is 3.75. The third-order valence-electron chi connectivity index (χ3n) is 2.51. The fourth-order valence-electron chi connectivity index (χ4n) is 1.61. The van der Waals surface area contributed by atoms with Crippen molar-refractivity contribution in [3.05, 3.63) is 45.7 Å². The predicted molar refractivity (Wildman–Crippen MR) is 73.8 cm³/mol. The van der Waals surface area contributed by atoms with Crippen LogP contribution in [0.4, 0.5) is 14.9 Å². The van der Waals surface area contributed by atoms with Crippen molar-refractivity contribution in [1.29, 1.82) is 0 Å². The van der Waals surface area contributed by atoms with E-state index < -0.39 is 0 Å². The molecule has 0 bridgehead atoms. The number of carbonyl (C=O) groups is 1. The van der Waals surface area contributed by atoms with Gasteiger partial charge in [-0.3, -0.25) is 0 Å². The van der Waals surface area contributed by atoms with Crippen molar-refractivity contribution in [3.8, 4) is 0 Å². The smallest absolute Gasteiger partial charge is 0.319 e. The lowest BCUT2D eigenvalue weighted by atomic mass is 10.3. The molecule has 0 atom stereocenters. The van der Waals surface area contributed by atoms with E-state index in [2.05, 4.69) is 15.6 Å². The number of aromatic nitrogens is 1. The molecule has 4 nitrogen and oxygen atoms in total. The number of urea groups is 1. The number of thiazole rings is 1. The molecule has 1 aromatic carbocycles. The van der Waals surface area contributed by atoms with Crippen LogP contribution in [0.25, 0.3) is 0 Å². The molecule has 1 aromatic heterocycles. The van der Waals surface area contributed by atoms with E-state index in [-0.39, 0.29) is 11.8 Å². The van der Waals surface area contributed by atoms with Gasteiger partial charge in [-0.15, -0.1) is 11.3 Å². The van der Waals surface area contributed by atoms with Gasteiger partial charge < -0.3 is 10.6 Å². The second-order valence-corrected chi connectivity index (χ2v) is 5.34. The first-order chi connectivity index (χ1) is 9.04. The molecule has 0 saturated heterocycles. The van der Waals surface area contributed by atoms with Crippen molar-refractivity contribution in [1.82, 2.24) is 10.3 Å². The van der Waals surface area contributed by atoms with Crippen LogP contribution in [0.1, 0.15) is 15.6 Å². The number of hydrogen-bond donors (Lipinski definition) is 2. The predicted octanol–water partition coefficient (Wildman–Crippen LogP) is 3.22. The van der Waals surface area contributed by atoms with Gasteiger partial charge in [-0.2, -0.15) is 0 Å². The maximum atomic E-state index is 12.7. The van der Waals surface area contributed by atoms with E-state index in [9.17, 15) is 9.18 Å². The molecule has 2 amide bonds. The normalized spacial score (nSPS) is 10.3. The van der Waals surface area contributed by atoms with Gasteiger partial charge in [-0.25, -0.2) is 14.2 Å². The Balaban J connectivity index is 1.88. The second-order valence-electron chi connectivity index (χ2n) is 4.06. The van der Waals surface area contributed by atoms with Crippen LogP contribution < -0.4 is 10.6 Å². The second kappa shape index (κ2) is 5.79. The number of amides is 2. The van der Waals surface area contributed by atoms with Crippen molar-refractivity contribution < 1.29 is 9.18 Å². The van der Waals surface area contributed by atoms with E-state index in [1.165, 1.54) is 24.3 Å². The monoisotopic (exact) mass is 279 g/mol. The van der Waals surface area contributed by atoms with Gasteiger partial charge in [0.25, 0.3) is 0 Å². The van der Waals surface area contributed by atoms with Crippen molar-refractivity contribution in [2.24, 2.45) is 0 Å². The molecule has 6 heteroatoms. The van der Waals surface area contributed by atoms with Crippen molar-refractivity contribution >= 4 is 23.1 Å². The zero-order chi connectivity index (χ0) is 13.8. The minimum atomic E-state index is -0.332. The highest BCUT2D eigenvalue weighted by Gasteiger charge is 2.07. The Morgan fingerprint density at radius 2 is 2.00 bits per heavy atom. The van der Waals surface area contributed by atoms with Gasteiger partial charge in [0.05, 0.1) is 17.2 Å². The summed E-state index contributed by atoms with van der Waals surface area (Å²) < 4.78 is 12.7. The van der Waals surface area contributed by atoms with E-state index >= 15 is 0 Å². The van der Waals surface area contributed by atoms with Gasteiger partial charge in [0.15, 0.2) is 0 Å². The zero-order valence-corrected chi connectivity index (χ0v) is 11.5. The number of hydrogen-bond acceptors (Lipinski definition) is 3. The first kappa shape index (κ1) is 13.5. The lowest BCUT2D eigenvalue weighted by Gasteiger charge is -2.06. The first-order valence-electron chi connectivity index (χ1n) is 5.78. The number of halogens is 1. The summed E-state index contributed by atoms with van der Waals surface area (Å²) in [6.45, 7) is 4.28. The first-order valence-corrected chi connectivity index (χ1v) is 6.59. The van der Waals surface area contributed by atoms with E-state index in [1.54, 1.807) is 11.3 Å². The van der Waals surface area contributed by atoms with Crippen LogP contribution in [-0.4, -0.2) is 11.0 Å². The molecule has 0 spiro atoms. The Hall–Kier alpha value is -1.95. The highest BCUT2D eigenvalue weighted by molar-refractivity contribution is 7.11. The Labute approximate surface area is 114 Å². The third-order valence-corrected chi connectivity index (χ3v) is 3.58. The minimum Gasteiger partial charge on any atom is -0.333 e. The summed E-state index contributed by atoms with van der Waals surface area (Å²) in [6.07, 6.45) is 0. The standard InChI is InChI=1S/C13H14FN3OS/c1-8-12(19-9(2)16-8)7-15-13(18)17-11-5-3-10(14)4-6-11/h3-6H,7H2,1-2H3,(H2,15,17,18). The molecule has 0 radical (unpaired) electrons. The van der Waals surface area contributed by atoms with E-state index in [0.717, 1.165) is 15.6 Å². The maximum absolute atomic E-state index is 12.7. The Morgan fingerprint density at radius 1 is 1.32 bits per heavy atom. The molecular formula is C13H14FN3OS. The quantitative estimate of drug-likeness (QED) is 0.906. The highest BCUT2D eigenvalue weighted by Crippen LogP contribution is 2.16. The molecular weight excluding hydrogens is 265 g/mol. The molecule has 19 heavy (non-hydrogen) atoms. The summed E-state index contributed by atoms with van der Waals surface area (Å²) in [5, 5.41) is 6.36. The molecule has 100 valence electrons. The van der Waals surface area contributed by atoms with E-state index in [1.807, 2.05) is 13.8 Å². The minimum absolute atomic E-state index is 0.322. The van der Waals surface area contributed by atoms with Crippen LogP contribution in [-0.2, 0) is 6.54 Å². The number of rotatable bonds is 3. The number of aryl methyl sites for hydroxylation is 2. The zero-order valence-electron chi connectivity index (χ0n) is 10.7. The molecule has 0 aliphatic rings.